The topological polar surface area (TPSA) is 3.24 Å². The Kier molecular flexibility index (Phi) is 7.92. The molecule has 0 spiro atoms. The molecule has 0 atom stereocenters. The van der Waals surface area contributed by atoms with Crippen LogP contribution < -0.4 is 4.90 Å². The SMILES string of the molecule is c1ccc(-c2ccccc2-c2ccccc2-c2ccccc2N(c2ccccc2)c2ccc(-c3cc4ccccc4c4ccccc34)cc2)cc1. The minimum atomic E-state index is 1.10. The molecule has 9 aromatic carbocycles. The summed E-state index contributed by atoms with van der Waals surface area (Å²) in [6.45, 7) is 0. The Hall–Kier alpha value is -6.70. The molecule has 0 saturated heterocycles. The standard InChI is InChI=1S/C50H35N/c1-3-17-36(18-4-1)41-22-9-10-24-43(41)45-26-12-13-27-46(45)48-29-15-16-30-50(48)51(39-20-5-2-6-21-39)40-33-31-37(32-34-40)49-35-38-19-7-8-23-42(38)44-25-11-14-28-47(44)49/h1-35H. The molecule has 0 amide bonds. The maximum atomic E-state index is 2.39. The largest absolute Gasteiger partial charge is 0.310 e. The van der Waals surface area contributed by atoms with Gasteiger partial charge in [0, 0.05) is 16.9 Å². The van der Waals surface area contributed by atoms with Gasteiger partial charge in [0.2, 0.25) is 0 Å². The summed E-state index contributed by atoms with van der Waals surface area (Å²) in [6.07, 6.45) is 0. The molecule has 0 heterocycles. The summed E-state index contributed by atoms with van der Waals surface area (Å²) in [4.78, 5) is 2.39. The number of hydrogen-bond acceptors (Lipinski definition) is 1. The highest BCUT2D eigenvalue weighted by atomic mass is 15.1. The van der Waals surface area contributed by atoms with Crippen LogP contribution in [0.2, 0.25) is 0 Å². The van der Waals surface area contributed by atoms with Gasteiger partial charge in [-0.1, -0.05) is 176 Å². The molecule has 1 nitrogen and oxygen atoms in total. The number of benzene rings is 9. The Morgan fingerprint density at radius 2 is 0.706 bits per heavy atom. The van der Waals surface area contributed by atoms with E-state index in [0.717, 1.165) is 17.1 Å². The molecule has 9 aromatic rings. The predicted octanol–water partition coefficient (Wildman–Crippen LogP) is 14.1. The molecule has 0 radical (unpaired) electrons. The van der Waals surface area contributed by atoms with Crippen molar-refractivity contribution in [3.8, 4) is 44.5 Å². The second-order valence-corrected chi connectivity index (χ2v) is 12.9. The van der Waals surface area contributed by atoms with Crippen LogP contribution >= 0.6 is 0 Å². The summed E-state index contributed by atoms with van der Waals surface area (Å²) in [5, 5.41) is 5.08. The van der Waals surface area contributed by atoms with Crippen molar-refractivity contribution in [1.82, 2.24) is 0 Å². The van der Waals surface area contributed by atoms with Gasteiger partial charge in [-0.05, 0) is 96.9 Å². The molecule has 0 saturated carbocycles. The van der Waals surface area contributed by atoms with Crippen LogP contribution in [0.25, 0.3) is 66.1 Å². The van der Waals surface area contributed by atoms with Crippen molar-refractivity contribution in [2.45, 2.75) is 0 Å². The summed E-state index contributed by atoms with van der Waals surface area (Å²) in [5.74, 6) is 0. The normalized spacial score (nSPS) is 11.1. The molecule has 0 bridgehead atoms. The van der Waals surface area contributed by atoms with E-state index in [4.69, 9.17) is 0 Å². The van der Waals surface area contributed by atoms with Crippen molar-refractivity contribution >= 4 is 38.6 Å². The number of nitrogens with zero attached hydrogens (tertiary/aromatic N) is 1. The quantitative estimate of drug-likeness (QED) is 0.155. The van der Waals surface area contributed by atoms with Gasteiger partial charge < -0.3 is 4.90 Å². The highest BCUT2D eigenvalue weighted by molar-refractivity contribution is 6.13. The molecular formula is C50H35N. The summed E-state index contributed by atoms with van der Waals surface area (Å²) in [7, 11) is 0. The maximum absolute atomic E-state index is 2.39. The first-order chi connectivity index (χ1) is 25.3. The Morgan fingerprint density at radius 3 is 1.41 bits per heavy atom. The third-order valence-corrected chi connectivity index (χ3v) is 9.88. The van der Waals surface area contributed by atoms with Crippen LogP contribution in [0, 0.1) is 0 Å². The predicted molar refractivity (Wildman–Crippen MR) is 218 cm³/mol. The maximum Gasteiger partial charge on any atom is 0.0540 e. The van der Waals surface area contributed by atoms with Gasteiger partial charge >= 0.3 is 0 Å². The summed E-state index contributed by atoms with van der Waals surface area (Å²) >= 11 is 0. The molecule has 0 fully saturated rings. The lowest BCUT2D eigenvalue weighted by atomic mass is 9.88. The van der Waals surface area contributed by atoms with Crippen LogP contribution in [-0.2, 0) is 0 Å². The highest BCUT2D eigenvalue weighted by Gasteiger charge is 2.20. The van der Waals surface area contributed by atoms with Gasteiger partial charge in [0.1, 0.15) is 0 Å². The number of fused-ring (bicyclic) bond motifs is 3. The van der Waals surface area contributed by atoms with E-state index in [-0.39, 0.29) is 0 Å². The van der Waals surface area contributed by atoms with E-state index in [9.17, 15) is 0 Å². The molecule has 0 aliphatic heterocycles. The van der Waals surface area contributed by atoms with Crippen molar-refractivity contribution in [2.75, 3.05) is 4.90 Å². The molecule has 0 N–H and O–H groups in total. The van der Waals surface area contributed by atoms with E-state index in [1.54, 1.807) is 0 Å². The lowest BCUT2D eigenvalue weighted by molar-refractivity contribution is 1.28. The summed E-state index contributed by atoms with van der Waals surface area (Å²) < 4.78 is 0. The second kappa shape index (κ2) is 13.3. The average Bonchev–Trinajstić information content (AvgIpc) is 3.22. The van der Waals surface area contributed by atoms with Crippen LogP contribution in [0.15, 0.2) is 212 Å². The van der Waals surface area contributed by atoms with Gasteiger partial charge in [-0.3, -0.25) is 0 Å². The fourth-order valence-electron chi connectivity index (χ4n) is 7.52. The van der Waals surface area contributed by atoms with Crippen LogP contribution in [-0.4, -0.2) is 0 Å². The molecule has 1 heteroatoms. The van der Waals surface area contributed by atoms with Gasteiger partial charge in [0.05, 0.1) is 5.69 Å². The van der Waals surface area contributed by atoms with Crippen molar-refractivity contribution in [3.63, 3.8) is 0 Å². The summed E-state index contributed by atoms with van der Waals surface area (Å²) in [6, 6.07) is 76.5. The van der Waals surface area contributed by atoms with Gasteiger partial charge in [0.25, 0.3) is 0 Å². The third kappa shape index (κ3) is 5.65. The van der Waals surface area contributed by atoms with E-state index >= 15 is 0 Å². The monoisotopic (exact) mass is 649 g/mol. The molecule has 0 aliphatic rings. The van der Waals surface area contributed by atoms with E-state index in [2.05, 4.69) is 217 Å². The van der Waals surface area contributed by atoms with Gasteiger partial charge in [-0.2, -0.15) is 0 Å². The van der Waals surface area contributed by atoms with Gasteiger partial charge in [0.15, 0.2) is 0 Å². The Morgan fingerprint density at radius 1 is 0.255 bits per heavy atom. The van der Waals surface area contributed by atoms with Crippen molar-refractivity contribution < 1.29 is 0 Å². The number of anilines is 3. The Balaban J connectivity index is 1.19. The average molecular weight is 650 g/mol. The van der Waals surface area contributed by atoms with E-state index < -0.39 is 0 Å². The number of para-hydroxylation sites is 2. The third-order valence-electron chi connectivity index (χ3n) is 9.88. The van der Waals surface area contributed by atoms with Crippen LogP contribution in [0.1, 0.15) is 0 Å². The van der Waals surface area contributed by atoms with Crippen LogP contribution in [0.4, 0.5) is 17.1 Å². The molecular weight excluding hydrogens is 615 g/mol. The zero-order valence-electron chi connectivity index (χ0n) is 28.2. The smallest absolute Gasteiger partial charge is 0.0540 e. The fraction of sp³-hybridized carbons (Fsp3) is 0. The zero-order chi connectivity index (χ0) is 34.0. The molecule has 9 rings (SSSR count). The minimum absolute atomic E-state index is 1.10. The first-order valence-electron chi connectivity index (χ1n) is 17.5. The molecule has 0 unspecified atom stereocenters. The Bertz CT molecular complexity index is 2620. The van der Waals surface area contributed by atoms with Crippen molar-refractivity contribution in [2.24, 2.45) is 0 Å². The van der Waals surface area contributed by atoms with Crippen LogP contribution in [0.3, 0.4) is 0 Å². The van der Waals surface area contributed by atoms with E-state index in [1.807, 2.05) is 0 Å². The molecule has 240 valence electrons. The second-order valence-electron chi connectivity index (χ2n) is 12.9. The Labute approximate surface area is 299 Å². The fourth-order valence-corrected chi connectivity index (χ4v) is 7.52. The highest BCUT2D eigenvalue weighted by Crippen LogP contribution is 2.45. The summed E-state index contributed by atoms with van der Waals surface area (Å²) in [5.41, 5.74) is 13.0. The van der Waals surface area contributed by atoms with Gasteiger partial charge in [-0.25, -0.2) is 0 Å². The first-order valence-corrected chi connectivity index (χ1v) is 17.5. The van der Waals surface area contributed by atoms with Crippen LogP contribution in [0.5, 0.6) is 0 Å². The van der Waals surface area contributed by atoms with E-state index in [0.29, 0.717) is 0 Å². The number of hydrogen-bond donors (Lipinski definition) is 0. The molecule has 51 heavy (non-hydrogen) atoms. The first kappa shape index (κ1) is 30.4. The minimum Gasteiger partial charge on any atom is -0.310 e. The molecule has 0 aromatic heterocycles. The lowest BCUT2D eigenvalue weighted by Gasteiger charge is -2.28. The van der Waals surface area contributed by atoms with Gasteiger partial charge in [-0.15, -0.1) is 0 Å². The van der Waals surface area contributed by atoms with E-state index in [1.165, 1.54) is 66.1 Å². The number of rotatable bonds is 7. The lowest BCUT2D eigenvalue weighted by Crippen LogP contribution is -2.11. The van der Waals surface area contributed by atoms with Crippen molar-refractivity contribution in [3.05, 3.63) is 212 Å². The van der Waals surface area contributed by atoms with Crippen molar-refractivity contribution in [1.29, 1.82) is 0 Å². The zero-order valence-corrected chi connectivity index (χ0v) is 28.2. The molecule has 0 aliphatic carbocycles.